The van der Waals surface area contributed by atoms with Crippen molar-refractivity contribution in [1.29, 1.82) is 0 Å². The Morgan fingerprint density at radius 1 is 1.03 bits per heavy atom. The predicted octanol–water partition coefficient (Wildman–Crippen LogP) is 4.08. The van der Waals surface area contributed by atoms with Gasteiger partial charge in [-0.2, -0.15) is 4.31 Å². The highest BCUT2D eigenvalue weighted by atomic mass is 32.2. The third-order valence-electron chi connectivity index (χ3n) is 6.19. The van der Waals surface area contributed by atoms with Gasteiger partial charge in [-0.05, 0) is 48.4 Å². The van der Waals surface area contributed by atoms with Crippen LogP contribution in [0.4, 0.5) is 0 Å². The van der Waals surface area contributed by atoms with E-state index in [-0.39, 0.29) is 23.6 Å². The van der Waals surface area contributed by atoms with Crippen LogP contribution in [0.3, 0.4) is 0 Å². The fourth-order valence-electron chi connectivity index (χ4n) is 4.14. The van der Waals surface area contributed by atoms with E-state index in [0.29, 0.717) is 24.8 Å². The van der Waals surface area contributed by atoms with Crippen molar-refractivity contribution in [1.82, 2.24) is 9.62 Å². The monoisotopic (exact) mass is 482 g/mol. The summed E-state index contributed by atoms with van der Waals surface area (Å²) in [4.78, 5) is 13.0. The Labute approximate surface area is 200 Å². The minimum absolute atomic E-state index is 0.0972. The zero-order valence-corrected chi connectivity index (χ0v) is 20.3. The molecule has 180 valence electrons. The molecule has 3 aromatic carbocycles. The predicted molar refractivity (Wildman–Crippen MR) is 132 cm³/mol. The van der Waals surface area contributed by atoms with Gasteiger partial charge < -0.3 is 14.8 Å². The molecule has 1 fully saturated rings. The normalized spacial score (nSPS) is 15.2. The number of methoxy groups -OCH3 is 1. The first-order valence-electron chi connectivity index (χ1n) is 11.5. The molecule has 1 aliphatic rings. The number of amides is 1. The Bertz CT molecular complexity index is 1260. The Balaban J connectivity index is 1.43. The van der Waals surface area contributed by atoms with Crippen LogP contribution < -0.4 is 14.8 Å². The summed E-state index contributed by atoms with van der Waals surface area (Å²) >= 11 is 0. The average molecular weight is 483 g/mol. The number of sulfonamides is 1. The van der Waals surface area contributed by atoms with E-state index >= 15 is 0 Å². The molecule has 0 spiro atoms. The molecule has 0 atom stereocenters. The molecule has 1 heterocycles. The molecule has 7 nitrogen and oxygen atoms in total. The fourth-order valence-corrected chi connectivity index (χ4v) is 5.64. The van der Waals surface area contributed by atoms with Gasteiger partial charge in [-0.1, -0.05) is 43.3 Å². The van der Waals surface area contributed by atoms with Crippen molar-refractivity contribution in [3.63, 3.8) is 0 Å². The van der Waals surface area contributed by atoms with Gasteiger partial charge in [0.25, 0.3) is 5.91 Å². The smallest absolute Gasteiger partial charge is 0.255 e. The van der Waals surface area contributed by atoms with Crippen LogP contribution in [0, 0.1) is 5.92 Å². The van der Waals surface area contributed by atoms with Gasteiger partial charge in [0.2, 0.25) is 10.0 Å². The van der Waals surface area contributed by atoms with Crippen LogP contribution in [-0.4, -0.2) is 52.0 Å². The number of nitrogens with zero attached hydrogens (tertiary/aromatic N) is 1. The molecule has 0 aromatic heterocycles. The van der Waals surface area contributed by atoms with Gasteiger partial charge in [0.15, 0.2) is 0 Å². The van der Waals surface area contributed by atoms with Crippen LogP contribution in [0.1, 0.15) is 30.1 Å². The molecule has 0 aliphatic carbocycles. The van der Waals surface area contributed by atoms with Crippen LogP contribution in [-0.2, 0) is 10.0 Å². The maximum atomic E-state index is 13.1. The number of rotatable bonds is 8. The van der Waals surface area contributed by atoms with Crippen LogP contribution in [0.5, 0.6) is 11.5 Å². The first-order valence-corrected chi connectivity index (χ1v) is 12.9. The lowest BCUT2D eigenvalue weighted by atomic mass is 10.0. The number of nitrogens with one attached hydrogen (secondary N) is 1. The number of carbonyl (C=O) groups excluding carboxylic acids is 1. The molecule has 0 saturated carbocycles. The van der Waals surface area contributed by atoms with E-state index in [1.54, 1.807) is 0 Å². The van der Waals surface area contributed by atoms with E-state index in [0.717, 1.165) is 29.4 Å². The van der Waals surface area contributed by atoms with E-state index in [1.807, 2.05) is 42.5 Å². The van der Waals surface area contributed by atoms with E-state index < -0.39 is 15.9 Å². The first kappa shape index (κ1) is 24.0. The first-order chi connectivity index (χ1) is 16.4. The number of fused-ring (bicyclic) bond motifs is 1. The molecule has 8 heteroatoms. The van der Waals surface area contributed by atoms with Gasteiger partial charge in [-0.15, -0.1) is 0 Å². The highest BCUT2D eigenvalue weighted by Gasteiger charge is 2.29. The lowest BCUT2D eigenvalue weighted by molar-refractivity contribution is 0.0944. The van der Waals surface area contributed by atoms with Crippen LogP contribution >= 0.6 is 0 Å². The SMILES string of the molecule is COc1ccc(S(=O)(=O)N2CCC(C)CC2)cc1C(=O)NCCOc1cccc2ccccc12. The van der Waals surface area contributed by atoms with Gasteiger partial charge >= 0.3 is 0 Å². The summed E-state index contributed by atoms with van der Waals surface area (Å²) in [7, 11) is -2.22. The summed E-state index contributed by atoms with van der Waals surface area (Å²) < 4.78 is 38.9. The van der Waals surface area contributed by atoms with Gasteiger partial charge in [-0.25, -0.2) is 8.42 Å². The largest absolute Gasteiger partial charge is 0.496 e. The topological polar surface area (TPSA) is 84.9 Å². The van der Waals surface area contributed by atoms with Crippen molar-refractivity contribution in [3.05, 3.63) is 66.2 Å². The van der Waals surface area contributed by atoms with Gasteiger partial charge in [0.1, 0.15) is 18.1 Å². The zero-order valence-electron chi connectivity index (χ0n) is 19.5. The Morgan fingerprint density at radius 3 is 2.53 bits per heavy atom. The van der Waals surface area contributed by atoms with Gasteiger partial charge in [0, 0.05) is 18.5 Å². The van der Waals surface area contributed by atoms with E-state index in [2.05, 4.69) is 12.2 Å². The van der Waals surface area contributed by atoms with Crippen LogP contribution in [0.2, 0.25) is 0 Å². The molecule has 0 bridgehead atoms. The lowest BCUT2D eigenvalue weighted by Gasteiger charge is -2.29. The van der Waals surface area contributed by atoms with Crippen molar-refractivity contribution in [2.75, 3.05) is 33.4 Å². The summed E-state index contributed by atoms with van der Waals surface area (Å²) in [5.74, 6) is 1.16. The summed E-state index contributed by atoms with van der Waals surface area (Å²) in [5.41, 5.74) is 0.180. The van der Waals surface area contributed by atoms with Crippen molar-refractivity contribution < 1.29 is 22.7 Å². The third kappa shape index (κ3) is 5.18. The molecule has 0 unspecified atom stereocenters. The van der Waals surface area contributed by atoms with Crippen LogP contribution in [0.25, 0.3) is 10.8 Å². The molecule has 4 rings (SSSR count). The van der Waals surface area contributed by atoms with Crippen molar-refractivity contribution in [2.45, 2.75) is 24.7 Å². The molecular weight excluding hydrogens is 452 g/mol. The minimum Gasteiger partial charge on any atom is -0.496 e. The van der Waals surface area contributed by atoms with Gasteiger partial charge in [-0.3, -0.25) is 4.79 Å². The zero-order chi connectivity index (χ0) is 24.1. The molecule has 1 amide bonds. The number of ether oxygens (including phenoxy) is 2. The maximum absolute atomic E-state index is 13.1. The van der Waals surface area contributed by atoms with E-state index in [9.17, 15) is 13.2 Å². The number of benzene rings is 3. The highest BCUT2D eigenvalue weighted by Crippen LogP contribution is 2.28. The Morgan fingerprint density at radius 2 is 1.76 bits per heavy atom. The standard InChI is InChI=1S/C26H30N2O5S/c1-19-12-15-28(16-13-19)34(30,31)21-10-11-24(32-2)23(18-21)26(29)27-14-17-33-25-9-5-7-20-6-3-4-8-22(20)25/h3-11,18-19H,12-17H2,1-2H3,(H,27,29). The van der Waals surface area contributed by atoms with Crippen LogP contribution in [0.15, 0.2) is 65.6 Å². The molecule has 0 radical (unpaired) electrons. The van der Waals surface area contributed by atoms with Gasteiger partial charge in [0.05, 0.1) is 24.1 Å². The second-order valence-electron chi connectivity index (χ2n) is 8.53. The quantitative estimate of drug-likeness (QED) is 0.489. The fraction of sp³-hybridized carbons (Fsp3) is 0.346. The summed E-state index contributed by atoms with van der Waals surface area (Å²) in [5, 5.41) is 4.89. The number of piperidine rings is 1. The molecular formula is C26H30N2O5S. The molecule has 1 N–H and O–H groups in total. The molecule has 1 aliphatic heterocycles. The second-order valence-corrected chi connectivity index (χ2v) is 10.5. The summed E-state index contributed by atoms with van der Waals surface area (Å²) in [6.45, 7) is 3.63. The van der Waals surface area contributed by atoms with Crippen molar-refractivity contribution in [3.8, 4) is 11.5 Å². The maximum Gasteiger partial charge on any atom is 0.255 e. The second kappa shape index (κ2) is 10.4. The third-order valence-corrected chi connectivity index (χ3v) is 8.09. The average Bonchev–Trinajstić information content (AvgIpc) is 2.86. The Hall–Kier alpha value is -3.10. The van der Waals surface area contributed by atoms with E-state index in [4.69, 9.17) is 9.47 Å². The number of hydrogen-bond acceptors (Lipinski definition) is 5. The number of hydrogen-bond donors (Lipinski definition) is 1. The lowest BCUT2D eigenvalue weighted by Crippen LogP contribution is -2.38. The van der Waals surface area contributed by atoms with Crippen molar-refractivity contribution in [2.24, 2.45) is 5.92 Å². The molecule has 34 heavy (non-hydrogen) atoms. The summed E-state index contributed by atoms with van der Waals surface area (Å²) in [6.07, 6.45) is 1.67. The Kier molecular flexibility index (Phi) is 7.38. The van der Waals surface area contributed by atoms with E-state index in [1.165, 1.54) is 29.6 Å². The summed E-state index contributed by atoms with van der Waals surface area (Å²) in [6, 6.07) is 18.2. The number of carbonyl (C=O) groups is 1. The highest BCUT2D eigenvalue weighted by molar-refractivity contribution is 7.89. The van der Waals surface area contributed by atoms with Crippen molar-refractivity contribution >= 4 is 26.7 Å². The molecule has 1 saturated heterocycles. The molecule has 3 aromatic rings. The minimum atomic E-state index is -3.68.